The summed E-state index contributed by atoms with van der Waals surface area (Å²) in [5.41, 5.74) is 6.27. The first-order valence-electron chi connectivity index (χ1n) is 5.65. The highest BCUT2D eigenvalue weighted by molar-refractivity contribution is 6.32. The summed E-state index contributed by atoms with van der Waals surface area (Å²) in [6.45, 7) is 1.72. The van der Waals surface area contributed by atoms with Gasteiger partial charge >= 0.3 is 0 Å². The minimum atomic E-state index is -0.455. The van der Waals surface area contributed by atoms with Crippen LogP contribution in [0.5, 0.6) is 11.5 Å². The smallest absolute Gasteiger partial charge is 0.146 e. The van der Waals surface area contributed by atoms with Crippen LogP contribution in [0, 0.1) is 11.6 Å². The van der Waals surface area contributed by atoms with Crippen molar-refractivity contribution in [1.29, 1.82) is 0 Å². The standard InChI is InChI=1S/C14H12ClF2NO/c1-8(18)11-6-9(16)2-4-13(11)19-14-5-3-10(17)7-12(14)15/h2-8H,18H2,1H3/t8-/m1/s1. The van der Waals surface area contributed by atoms with Crippen LogP contribution < -0.4 is 10.5 Å². The van der Waals surface area contributed by atoms with Crippen molar-refractivity contribution in [3.63, 3.8) is 0 Å². The van der Waals surface area contributed by atoms with E-state index < -0.39 is 17.7 Å². The Morgan fingerprint density at radius 3 is 2.21 bits per heavy atom. The molecule has 0 spiro atoms. The van der Waals surface area contributed by atoms with Crippen molar-refractivity contribution in [3.8, 4) is 11.5 Å². The molecule has 0 fully saturated rings. The molecule has 0 aliphatic carbocycles. The second-order valence-corrected chi connectivity index (χ2v) is 4.55. The summed E-state index contributed by atoms with van der Waals surface area (Å²) >= 11 is 5.87. The maximum absolute atomic E-state index is 13.2. The molecule has 0 aliphatic heterocycles. The van der Waals surface area contributed by atoms with Gasteiger partial charge in [-0.1, -0.05) is 11.6 Å². The molecule has 0 unspecified atom stereocenters. The van der Waals surface area contributed by atoms with Crippen molar-refractivity contribution >= 4 is 11.6 Å². The number of ether oxygens (including phenoxy) is 1. The Morgan fingerprint density at radius 2 is 1.63 bits per heavy atom. The van der Waals surface area contributed by atoms with Gasteiger partial charge in [0.1, 0.15) is 23.1 Å². The van der Waals surface area contributed by atoms with E-state index in [9.17, 15) is 8.78 Å². The van der Waals surface area contributed by atoms with Crippen LogP contribution in [0.1, 0.15) is 18.5 Å². The molecule has 0 aromatic heterocycles. The highest BCUT2D eigenvalue weighted by atomic mass is 35.5. The summed E-state index contributed by atoms with van der Waals surface area (Å²) in [5.74, 6) is -0.171. The van der Waals surface area contributed by atoms with E-state index in [1.165, 1.54) is 30.3 Å². The van der Waals surface area contributed by atoms with Gasteiger partial charge in [0.15, 0.2) is 0 Å². The van der Waals surface area contributed by atoms with Crippen LogP contribution in [0.15, 0.2) is 36.4 Å². The lowest BCUT2D eigenvalue weighted by Crippen LogP contribution is -2.07. The lowest BCUT2D eigenvalue weighted by Gasteiger charge is -2.14. The van der Waals surface area contributed by atoms with E-state index in [4.69, 9.17) is 22.1 Å². The van der Waals surface area contributed by atoms with Crippen molar-refractivity contribution in [2.45, 2.75) is 13.0 Å². The number of hydrogen-bond donors (Lipinski definition) is 1. The Morgan fingerprint density at radius 1 is 1.05 bits per heavy atom. The molecule has 0 saturated carbocycles. The molecule has 19 heavy (non-hydrogen) atoms. The predicted molar refractivity (Wildman–Crippen MR) is 70.5 cm³/mol. The first-order chi connectivity index (χ1) is 8.97. The van der Waals surface area contributed by atoms with Gasteiger partial charge in [-0.3, -0.25) is 0 Å². The van der Waals surface area contributed by atoms with Crippen molar-refractivity contribution < 1.29 is 13.5 Å². The molecule has 0 bridgehead atoms. The molecule has 0 radical (unpaired) electrons. The minimum Gasteiger partial charge on any atom is -0.455 e. The Bertz CT molecular complexity index is 602. The number of benzene rings is 2. The molecule has 0 saturated heterocycles. The average Bonchev–Trinajstić information content (AvgIpc) is 2.34. The van der Waals surface area contributed by atoms with Gasteiger partial charge in [-0.15, -0.1) is 0 Å². The van der Waals surface area contributed by atoms with Gasteiger partial charge in [-0.2, -0.15) is 0 Å². The summed E-state index contributed by atoms with van der Waals surface area (Å²) < 4.78 is 31.7. The van der Waals surface area contributed by atoms with Gasteiger partial charge in [0.25, 0.3) is 0 Å². The zero-order valence-electron chi connectivity index (χ0n) is 10.2. The molecule has 2 rings (SSSR count). The molecule has 100 valence electrons. The summed E-state index contributed by atoms with van der Waals surface area (Å²) in [4.78, 5) is 0. The topological polar surface area (TPSA) is 35.2 Å². The Labute approximate surface area is 114 Å². The molecule has 1 atom stereocenters. The normalized spacial score (nSPS) is 12.3. The van der Waals surface area contributed by atoms with Crippen LogP contribution in [0.2, 0.25) is 5.02 Å². The molecule has 5 heteroatoms. The van der Waals surface area contributed by atoms with Crippen LogP contribution in [-0.2, 0) is 0 Å². The molecular formula is C14H12ClF2NO. The van der Waals surface area contributed by atoms with Crippen LogP contribution in [-0.4, -0.2) is 0 Å². The third-order valence-electron chi connectivity index (χ3n) is 2.58. The van der Waals surface area contributed by atoms with E-state index in [-0.39, 0.29) is 10.8 Å². The number of hydrogen-bond acceptors (Lipinski definition) is 2. The Kier molecular flexibility index (Phi) is 4.02. The lowest BCUT2D eigenvalue weighted by molar-refractivity contribution is 0.467. The van der Waals surface area contributed by atoms with Gasteiger partial charge in [0.2, 0.25) is 0 Å². The summed E-state index contributed by atoms with van der Waals surface area (Å²) in [6, 6.07) is 7.42. The van der Waals surface area contributed by atoms with E-state index in [1.807, 2.05) is 0 Å². The fourth-order valence-electron chi connectivity index (χ4n) is 1.64. The number of rotatable bonds is 3. The maximum atomic E-state index is 13.2. The van der Waals surface area contributed by atoms with Gasteiger partial charge in [-0.25, -0.2) is 8.78 Å². The third-order valence-corrected chi connectivity index (χ3v) is 2.87. The largest absolute Gasteiger partial charge is 0.455 e. The summed E-state index contributed by atoms with van der Waals surface area (Å²) in [5, 5.41) is 0.139. The van der Waals surface area contributed by atoms with Crippen molar-refractivity contribution in [1.82, 2.24) is 0 Å². The van der Waals surface area contributed by atoms with Crippen LogP contribution >= 0.6 is 11.6 Å². The summed E-state index contributed by atoms with van der Waals surface area (Å²) in [7, 11) is 0. The maximum Gasteiger partial charge on any atom is 0.146 e. The first-order valence-corrected chi connectivity index (χ1v) is 6.03. The van der Waals surface area contributed by atoms with Gasteiger partial charge in [0, 0.05) is 11.6 Å². The highest BCUT2D eigenvalue weighted by Crippen LogP contribution is 2.33. The van der Waals surface area contributed by atoms with Gasteiger partial charge < -0.3 is 10.5 Å². The van der Waals surface area contributed by atoms with Crippen LogP contribution in [0.4, 0.5) is 8.78 Å². The molecular weight excluding hydrogens is 272 g/mol. The fourth-order valence-corrected chi connectivity index (χ4v) is 1.85. The van der Waals surface area contributed by atoms with Crippen LogP contribution in [0.25, 0.3) is 0 Å². The van der Waals surface area contributed by atoms with Crippen molar-refractivity contribution in [2.24, 2.45) is 5.73 Å². The molecule has 0 aliphatic rings. The predicted octanol–water partition coefficient (Wildman–Crippen LogP) is 4.43. The van der Waals surface area contributed by atoms with E-state index in [0.29, 0.717) is 11.3 Å². The van der Waals surface area contributed by atoms with Gasteiger partial charge in [0.05, 0.1) is 5.02 Å². The van der Waals surface area contributed by atoms with E-state index >= 15 is 0 Å². The van der Waals surface area contributed by atoms with Gasteiger partial charge in [-0.05, 0) is 43.3 Å². The van der Waals surface area contributed by atoms with E-state index in [0.717, 1.165) is 6.07 Å². The minimum absolute atomic E-state index is 0.139. The van der Waals surface area contributed by atoms with E-state index in [2.05, 4.69) is 0 Å². The SMILES string of the molecule is C[C@@H](N)c1cc(F)ccc1Oc1ccc(F)cc1Cl. The second kappa shape index (κ2) is 5.55. The van der Waals surface area contributed by atoms with Crippen LogP contribution in [0.3, 0.4) is 0 Å². The average molecular weight is 284 g/mol. The second-order valence-electron chi connectivity index (χ2n) is 4.15. The highest BCUT2D eigenvalue weighted by Gasteiger charge is 2.12. The third kappa shape index (κ3) is 3.22. The van der Waals surface area contributed by atoms with Crippen molar-refractivity contribution in [2.75, 3.05) is 0 Å². The molecule has 0 heterocycles. The quantitative estimate of drug-likeness (QED) is 0.904. The first kappa shape index (κ1) is 13.8. The zero-order chi connectivity index (χ0) is 14.0. The molecule has 2 aromatic carbocycles. The lowest BCUT2D eigenvalue weighted by atomic mass is 10.1. The monoisotopic (exact) mass is 283 g/mol. The number of halogens is 3. The molecule has 2 N–H and O–H groups in total. The Hall–Kier alpha value is -1.65. The fraction of sp³-hybridized carbons (Fsp3) is 0.143. The Balaban J connectivity index is 2.38. The molecule has 0 amide bonds. The van der Waals surface area contributed by atoms with Crippen molar-refractivity contribution in [3.05, 3.63) is 58.6 Å². The zero-order valence-corrected chi connectivity index (χ0v) is 10.9. The molecule has 2 nitrogen and oxygen atoms in total. The summed E-state index contributed by atoms with van der Waals surface area (Å²) in [6.07, 6.45) is 0. The number of nitrogens with two attached hydrogens (primary N) is 1. The van der Waals surface area contributed by atoms with E-state index in [1.54, 1.807) is 6.92 Å². The molecule has 2 aromatic rings.